The maximum Gasteiger partial charge on any atom is 0.407 e. The molecule has 0 bridgehead atoms. The third-order valence-electron chi connectivity index (χ3n) is 5.63. The van der Waals surface area contributed by atoms with Crippen LogP contribution >= 0.6 is 0 Å². The van der Waals surface area contributed by atoms with E-state index in [4.69, 9.17) is 14.2 Å². The van der Waals surface area contributed by atoms with Gasteiger partial charge in [0.2, 0.25) is 0 Å². The van der Waals surface area contributed by atoms with Crippen LogP contribution in [0.25, 0.3) is 11.1 Å². The van der Waals surface area contributed by atoms with Crippen molar-refractivity contribution >= 4 is 29.1 Å². The zero-order chi connectivity index (χ0) is 25.7. The van der Waals surface area contributed by atoms with Gasteiger partial charge in [-0.2, -0.15) is 0 Å². The first-order valence-electron chi connectivity index (χ1n) is 11.6. The average Bonchev–Trinajstić information content (AvgIpc) is 3.73. The Balaban J connectivity index is 1.40. The molecule has 1 atom stereocenters. The Bertz CT molecular complexity index is 1310. The van der Waals surface area contributed by atoms with Crippen LogP contribution in [0.3, 0.4) is 0 Å². The molecular formula is C26H27N3O7. The predicted octanol–water partition coefficient (Wildman–Crippen LogP) is 2.93. The van der Waals surface area contributed by atoms with Crippen LogP contribution in [0.1, 0.15) is 19.8 Å². The van der Waals surface area contributed by atoms with E-state index in [1.807, 2.05) is 36.4 Å². The Morgan fingerprint density at radius 3 is 2.39 bits per heavy atom. The van der Waals surface area contributed by atoms with Crippen LogP contribution in [0.5, 0.6) is 5.75 Å². The predicted molar refractivity (Wildman–Crippen MR) is 135 cm³/mol. The van der Waals surface area contributed by atoms with Gasteiger partial charge in [-0.15, -0.1) is 0 Å². The second kappa shape index (κ2) is 10.9. The first kappa shape index (κ1) is 24.8. The number of nitrogens with one attached hydrogen (secondary N) is 3. The van der Waals surface area contributed by atoms with E-state index in [1.54, 1.807) is 19.1 Å². The monoisotopic (exact) mass is 493 g/mol. The van der Waals surface area contributed by atoms with Gasteiger partial charge in [-0.3, -0.25) is 9.59 Å². The molecule has 3 aromatic rings. The molecule has 0 aliphatic heterocycles. The summed E-state index contributed by atoms with van der Waals surface area (Å²) in [5.41, 5.74) is 2.11. The SMILES string of the molecule is CCOC(=O)NC(COc1ccc(-c2cccc(Nc3c(NC4CC4)c(=O)c3=O)c2)cc1)C(=O)OC. The molecular weight excluding hydrogens is 466 g/mol. The summed E-state index contributed by atoms with van der Waals surface area (Å²) in [6.07, 6.45) is 1.26. The van der Waals surface area contributed by atoms with Crippen molar-refractivity contribution in [1.29, 1.82) is 0 Å². The van der Waals surface area contributed by atoms with E-state index in [0.29, 0.717) is 22.8 Å². The molecule has 188 valence electrons. The van der Waals surface area contributed by atoms with Gasteiger partial charge in [-0.1, -0.05) is 24.3 Å². The van der Waals surface area contributed by atoms with Crippen LogP contribution in [-0.2, 0) is 14.3 Å². The smallest absolute Gasteiger partial charge is 0.407 e. The van der Waals surface area contributed by atoms with E-state index in [-0.39, 0.29) is 19.3 Å². The van der Waals surface area contributed by atoms with Crippen LogP contribution in [-0.4, -0.2) is 44.5 Å². The molecule has 3 N–H and O–H groups in total. The van der Waals surface area contributed by atoms with Crippen LogP contribution < -0.4 is 31.5 Å². The topological polar surface area (TPSA) is 132 Å². The van der Waals surface area contributed by atoms with Crippen LogP contribution in [0.15, 0.2) is 58.1 Å². The molecule has 1 amide bonds. The Morgan fingerprint density at radius 1 is 1.00 bits per heavy atom. The number of carbonyl (C=O) groups is 2. The summed E-state index contributed by atoms with van der Waals surface area (Å²) in [5, 5.41) is 8.59. The van der Waals surface area contributed by atoms with Gasteiger partial charge in [-0.25, -0.2) is 9.59 Å². The Hall–Kier alpha value is -4.34. The summed E-state index contributed by atoms with van der Waals surface area (Å²) in [4.78, 5) is 47.6. The number of alkyl carbamates (subject to hydrolysis) is 1. The molecule has 0 heterocycles. The van der Waals surface area contributed by atoms with E-state index in [0.717, 1.165) is 24.0 Å². The molecule has 0 aromatic heterocycles. The second-order valence-electron chi connectivity index (χ2n) is 8.31. The lowest BCUT2D eigenvalue weighted by atomic mass is 10.0. The van der Waals surface area contributed by atoms with Crippen molar-refractivity contribution < 1.29 is 23.8 Å². The fourth-order valence-corrected chi connectivity index (χ4v) is 3.55. The Morgan fingerprint density at radius 2 is 1.72 bits per heavy atom. The summed E-state index contributed by atoms with van der Waals surface area (Å²) >= 11 is 0. The molecule has 10 heteroatoms. The van der Waals surface area contributed by atoms with Crippen LogP contribution in [0.2, 0.25) is 0 Å². The second-order valence-corrected chi connectivity index (χ2v) is 8.31. The molecule has 1 fully saturated rings. The van der Waals surface area contributed by atoms with Gasteiger partial charge in [0.1, 0.15) is 23.7 Å². The van der Waals surface area contributed by atoms with Gasteiger partial charge >= 0.3 is 12.1 Å². The minimum absolute atomic E-state index is 0.136. The molecule has 0 spiro atoms. The molecule has 1 aliphatic carbocycles. The standard InChI is InChI=1S/C26H27N3O7/c1-3-35-26(33)29-20(25(32)34-2)14-36-19-11-7-15(8-12-19)16-5-4-6-18(13-16)28-22-21(23(30)24(22)31)27-17-9-10-17/h4-8,11-13,17,20,27-28H,3,9-10,14H2,1-2H3,(H,29,33). The average molecular weight is 494 g/mol. The van der Waals surface area contributed by atoms with Crippen molar-refractivity contribution in [2.24, 2.45) is 0 Å². The highest BCUT2D eigenvalue weighted by Crippen LogP contribution is 2.30. The van der Waals surface area contributed by atoms with Crippen LogP contribution in [0, 0.1) is 0 Å². The van der Waals surface area contributed by atoms with Gasteiger partial charge in [0.05, 0.1) is 13.7 Å². The largest absolute Gasteiger partial charge is 0.491 e. The number of rotatable bonds is 11. The van der Waals surface area contributed by atoms with Crippen molar-refractivity contribution in [2.75, 3.05) is 31.0 Å². The fraction of sp³-hybridized carbons (Fsp3) is 0.308. The molecule has 1 unspecified atom stereocenters. The molecule has 1 aliphatic rings. The molecule has 3 aromatic carbocycles. The van der Waals surface area contributed by atoms with E-state index >= 15 is 0 Å². The van der Waals surface area contributed by atoms with Crippen molar-refractivity contribution in [2.45, 2.75) is 31.8 Å². The highest BCUT2D eigenvalue weighted by Gasteiger charge is 2.28. The summed E-state index contributed by atoms with van der Waals surface area (Å²) in [5.74, 6) is -0.159. The van der Waals surface area contributed by atoms with Crippen molar-refractivity contribution in [3.63, 3.8) is 0 Å². The normalized spacial score (nSPS) is 13.5. The minimum atomic E-state index is -1.02. The van der Waals surface area contributed by atoms with Gasteiger partial charge < -0.3 is 30.2 Å². The first-order chi connectivity index (χ1) is 17.4. The fourth-order valence-electron chi connectivity index (χ4n) is 3.55. The number of amides is 1. The Kier molecular flexibility index (Phi) is 7.53. The summed E-state index contributed by atoms with van der Waals surface area (Å²) in [6.45, 7) is 1.69. The number of ether oxygens (including phenoxy) is 3. The zero-order valence-corrected chi connectivity index (χ0v) is 20.0. The first-order valence-corrected chi connectivity index (χ1v) is 11.6. The van der Waals surface area contributed by atoms with Gasteiger partial charge in [0, 0.05) is 11.7 Å². The molecule has 36 heavy (non-hydrogen) atoms. The van der Waals surface area contributed by atoms with Gasteiger partial charge in [0.15, 0.2) is 6.04 Å². The number of hydrogen-bond acceptors (Lipinski definition) is 9. The van der Waals surface area contributed by atoms with Gasteiger partial charge in [-0.05, 0) is 55.2 Å². The Labute approximate surface area is 207 Å². The van der Waals surface area contributed by atoms with E-state index in [1.165, 1.54) is 7.11 Å². The zero-order valence-electron chi connectivity index (χ0n) is 20.0. The maximum absolute atomic E-state index is 12.1. The summed E-state index contributed by atoms with van der Waals surface area (Å²) in [7, 11) is 1.22. The number of methoxy groups -OCH3 is 1. The quantitative estimate of drug-likeness (QED) is 0.272. The molecule has 0 saturated heterocycles. The van der Waals surface area contributed by atoms with Crippen LogP contribution in [0.4, 0.5) is 21.9 Å². The number of carbonyl (C=O) groups excluding carboxylic acids is 2. The number of benzene rings is 2. The number of esters is 1. The van der Waals surface area contributed by atoms with Gasteiger partial charge in [0.25, 0.3) is 10.9 Å². The third kappa shape index (κ3) is 5.83. The lowest BCUT2D eigenvalue weighted by molar-refractivity contribution is -0.143. The lowest BCUT2D eigenvalue weighted by Crippen LogP contribution is -2.45. The third-order valence-corrected chi connectivity index (χ3v) is 5.63. The molecule has 0 radical (unpaired) electrons. The number of anilines is 3. The van der Waals surface area contributed by atoms with E-state index in [2.05, 4.69) is 16.0 Å². The summed E-state index contributed by atoms with van der Waals surface area (Å²) in [6, 6.07) is 13.9. The molecule has 1 saturated carbocycles. The van der Waals surface area contributed by atoms with Crippen molar-refractivity contribution in [1.82, 2.24) is 5.32 Å². The highest BCUT2D eigenvalue weighted by atomic mass is 16.6. The molecule has 10 nitrogen and oxygen atoms in total. The lowest BCUT2D eigenvalue weighted by Gasteiger charge is -2.17. The molecule has 4 rings (SSSR count). The van der Waals surface area contributed by atoms with Crippen molar-refractivity contribution in [3.05, 3.63) is 69.0 Å². The van der Waals surface area contributed by atoms with E-state index in [9.17, 15) is 19.2 Å². The number of hydrogen-bond donors (Lipinski definition) is 3. The van der Waals surface area contributed by atoms with Crippen molar-refractivity contribution in [3.8, 4) is 16.9 Å². The highest BCUT2D eigenvalue weighted by molar-refractivity contribution is 5.82. The van der Waals surface area contributed by atoms with E-state index < -0.39 is 29.0 Å². The minimum Gasteiger partial charge on any atom is -0.491 e. The summed E-state index contributed by atoms with van der Waals surface area (Å²) < 4.78 is 15.2. The maximum atomic E-state index is 12.1.